The fraction of sp³-hybridized carbons (Fsp3) is 0.647. The van der Waals surface area contributed by atoms with Gasteiger partial charge in [-0.15, -0.1) is 11.8 Å². The lowest BCUT2D eigenvalue weighted by Crippen LogP contribution is -2.36. The number of carbonyl (C=O) groups is 1. The maximum atomic E-state index is 12.1. The number of rotatable bonds is 2. The molecule has 23 heavy (non-hydrogen) atoms. The first-order valence-corrected chi connectivity index (χ1v) is 8.94. The molecular formula is C17H24N2O3S. The summed E-state index contributed by atoms with van der Waals surface area (Å²) in [5.41, 5.74) is -0.463. The van der Waals surface area contributed by atoms with Crippen molar-refractivity contribution < 1.29 is 14.3 Å². The molecule has 0 aromatic carbocycles. The molecule has 0 saturated carbocycles. The summed E-state index contributed by atoms with van der Waals surface area (Å²) in [6, 6.07) is 0.184. The van der Waals surface area contributed by atoms with Crippen LogP contribution in [-0.2, 0) is 9.47 Å². The van der Waals surface area contributed by atoms with Crippen LogP contribution in [0, 0.1) is 0 Å². The molecule has 1 saturated heterocycles. The standard InChI is InChI=1S/C17H24N2O3S/c1-11-18-14-9-12(5-6-15(14)23-11)21-13-7-8-19(10-13)16(20)22-17(2,3)4/h5-6,9,13-15H,7-8,10H2,1-4H3/t13-,14-,15+/m1/s1. The van der Waals surface area contributed by atoms with Crippen molar-refractivity contribution >= 4 is 22.9 Å². The minimum Gasteiger partial charge on any atom is -0.489 e. The third-order valence-corrected chi connectivity index (χ3v) is 5.01. The molecule has 2 heterocycles. The topological polar surface area (TPSA) is 51.1 Å². The number of carbonyl (C=O) groups excluding carboxylic acids is 1. The molecule has 0 aromatic rings. The Morgan fingerprint density at radius 2 is 2.22 bits per heavy atom. The van der Waals surface area contributed by atoms with Gasteiger partial charge in [0.15, 0.2) is 0 Å². The van der Waals surface area contributed by atoms with Crippen molar-refractivity contribution in [2.45, 2.75) is 57.1 Å². The van der Waals surface area contributed by atoms with Crippen LogP contribution < -0.4 is 0 Å². The highest BCUT2D eigenvalue weighted by Gasteiger charge is 2.32. The molecule has 2 aliphatic heterocycles. The number of aliphatic imine (C=N–C) groups is 1. The van der Waals surface area contributed by atoms with E-state index in [1.165, 1.54) is 0 Å². The lowest BCUT2D eigenvalue weighted by molar-refractivity contribution is 0.0260. The highest BCUT2D eigenvalue weighted by atomic mass is 32.2. The van der Waals surface area contributed by atoms with Gasteiger partial charge in [0.25, 0.3) is 0 Å². The largest absolute Gasteiger partial charge is 0.489 e. The van der Waals surface area contributed by atoms with Crippen LogP contribution in [0.15, 0.2) is 29.0 Å². The van der Waals surface area contributed by atoms with Gasteiger partial charge < -0.3 is 14.4 Å². The smallest absolute Gasteiger partial charge is 0.410 e. The van der Waals surface area contributed by atoms with E-state index in [-0.39, 0.29) is 18.2 Å². The van der Waals surface area contributed by atoms with Crippen molar-refractivity contribution in [2.75, 3.05) is 13.1 Å². The zero-order valence-electron chi connectivity index (χ0n) is 14.1. The summed E-state index contributed by atoms with van der Waals surface area (Å²) >= 11 is 1.80. The molecule has 0 unspecified atom stereocenters. The van der Waals surface area contributed by atoms with Crippen molar-refractivity contribution in [2.24, 2.45) is 4.99 Å². The Hall–Kier alpha value is -1.43. The van der Waals surface area contributed by atoms with Crippen molar-refractivity contribution in [3.63, 3.8) is 0 Å². The van der Waals surface area contributed by atoms with E-state index >= 15 is 0 Å². The summed E-state index contributed by atoms with van der Waals surface area (Å²) < 4.78 is 11.5. The number of ether oxygens (including phenoxy) is 2. The van der Waals surface area contributed by atoms with Gasteiger partial charge in [0.05, 0.1) is 22.9 Å². The third kappa shape index (κ3) is 4.10. The quantitative estimate of drug-likeness (QED) is 0.776. The second-order valence-electron chi connectivity index (χ2n) is 7.10. The minimum atomic E-state index is -0.463. The van der Waals surface area contributed by atoms with E-state index in [1.54, 1.807) is 16.7 Å². The summed E-state index contributed by atoms with van der Waals surface area (Å²) in [5.74, 6) is 0.862. The number of amides is 1. The molecule has 1 fully saturated rings. The Kier molecular flexibility index (Phi) is 4.45. The van der Waals surface area contributed by atoms with E-state index in [4.69, 9.17) is 9.47 Å². The normalized spacial score (nSPS) is 29.9. The molecule has 1 amide bonds. The molecule has 0 bridgehead atoms. The second kappa shape index (κ2) is 6.23. The number of hydrogen-bond donors (Lipinski definition) is 0. The van der Waals surface area contributed by atoms with Gasteiger partial charge in [0, 0.05) is 13.0 Å². The Labute approximate surface area is 141 Å². The molecule has 0 aromatic heterocycles. The zero-order chi connectivity index (χ0) is 16.6. The van der Waals surface area contributed by atoms with Crippen LogP contribution in [0.3, 0.4) is 0 Å². The summed E-state index contributed by atoms with van der Waals surface area (Å²) in [7, 11) is 0. The Morgan fingerprint density at radius 3 is 2.96 bits per heavy atom. The molecule has 6 heteroatoms. The van der Waals surface area contributed by atoms with Gasteiger partial charge in [0.2, 0.25) is 0 Å². The predicted molar refractivity (Wildman–Crippen MR) is 92.8 cm³/mol. The van der Waals surface area contributed by atoms with Gasteiger partial charge in [-0.2, -0.15) is 0 Å². The van der Waals surface area contributed by atoms with E-state index in [2.05, 4.69) is 17.1 Å². The highest BCUT2D eigenvalue weighted by molar-refractivity contribution is 8.14. The molecule has 0 spiro atoms. The first kappa shape index (κ1) is 16.4. The lowest BCUT2D eigenvalue weighted by Gasteiger charge is -2.24. The third-order valence-electron chi connectivity index (χ3n) is 3.86. The zero-order valence-corrected chi connectivity index (χ0v) is 14.9. The van der Waals surface area contributed by atoms with Crippen molar-refractivity contribution in [1.29, 1.82) is 0 Å². The van der Waals surface area contributed by atoms with Crippen molar-refractivity contribution in [3.05, 3.63) is 24.0 Å². The van der Waals surface area contributed by atoms with Gasteiger partial charge in [-0.3, -0.25) is 4.99 Å². The number of thioether (sulfide) groups is 1. The first-order valence-electron chi connectivity index (χ1n) is 8.06. The van der Waals surface area contributed by atoms with Crippen LogP contribution in [0.25, 0.3) is 0 Å². The van der Waals surface area contributed by atoms with Gasteiger partial charge in [-0.25, -0.2) is 4.79 Å². The number of allylic oxidation sites excluding steroid dienone is 1. The number of nitrogens with zero attached hydrogens (tertiary/aromatic N) is 2. The van der Waals surface area contributed by atoms with Crippen LogP contribution in [-0.4, -0.2) is 52.1 Å². The molecule has 126 valence electrons. The molecule has 3 rings (SSSR count). The molecule has 0 N–H and O–H groups in total. The van der Waals surface area contributed by atoms with Gasteiger partial charge >= 0.3 is 6.09 Å². The molecule has 0 radical (unpaired) electrons. The van der Waals surface area contributed by atoms with Crippen molar-refractivity contribution in [3.8, 4) is 0 Å². The highest BCUT2D eigenvalue weighted by Crippen LogP contribution is 2.33. The summed E-state index contributed by atoms with van der Waals surface area (Å²) in [6.07, 6.45) is 6.86. The number of likely N-dealkylation sites (tertiary alicyclic amines) is 1. The molecule has 3 atom stereocenters. The molecule has 1 aliphatic carbocycles. The van der Waals surface area contributed by atoms with Crippen LogP contribution in [0.1, 0.15) is 34.1 Å². The van der Waals surface area contributed by atoms with Crippen LogP contribution >= 0.6 is 11.8 Å². The van der Waals surface area contributed by atoms with Gasteiger partial charge in [0.1, 0.15) is 17.5 Å². The van der Waals surface area contributed by atoms with Gasteiger partial charge in [-0.1, -0.05) is 6.08 Å². The Bertz CT molecular complexity index is 577. The minimum absolute atomic E-state index is 0.0223. The average Bonchev–Trinajstić information content (AvgIpc) is 3.02. The number of fused-ring (bicyclic) bond motifs is 1. The predicted octanol–water partition coefficient (Wildman–Crippen LogP) is 3.37. The van der Waals surface area contributed by atoms with E-state index < -0.39 is 5.60 Å². The molecule has 5 nitrogen and oxygen atoms in total. The fourth-order valence-corrected chi connectivity index (χ4v) is 3.88. The summed E-state index contributed by atoms with van der Waals surface area (Å²) in [6.45, 7) is 8.93. The van der Waals surface area contributed by atoms with E-state index in [0.717, 1.165) is 17.2 Å². The summed E-state index contributed by atoms with van der Waals surface area (Å²) in [4.78, 5) is 18.4. The average molecular weight is 336 g/mol. The Morgan fingerprint density at radius 1 is 1.43 bits per heavy atom. The second-order valence-corrected chi connectivity index (χ2v) is 8.48. The van der Waals surface area contributed by atoms with Crippen LogP contribution in [0.2, 0.25) is 0 Å². The fourth-order valence-electron chi connectivity index (χ4n) is 2.87. The van der Waals surface area contributed by atoms with E-state index in [9.17, 15) is 4.79 Å². The number of hydrogen-bond acceptors (Lipinski definition) is 5. The van der Waals surface area contributed by atoms with Crippen molar-refractivity contribution in [1.82, 2.24) is 4.90 Å². The van der Waals surface area contributed by atoms with Gasteiger partial charge in [-0.05, 0) is 39.8 Å². The monoisotopic (exact) mass is 336 g/mol. The lowest BCUT2D eigenvalue weighted by atomic mass is 10.1. The first-order chi connectivity index (χ1) is 10.8. The van der Waals surface area contributed by atoms with E-state index in [0.29, 0.717) is 18.3 Å². The van der Waals surface area contributed by atoms with Crippen LogP contribution in [0.4, 0.5) is 4.79 Å². The summed E-state index contributed by atoms with van der Waals surface area (Å²) in [5, 5.41) is 1.53. The molecular weight excluding hydrogens is 312 g/mol. The van der Waals surface area contributed by atoms with Crippen LogP contribution in [0.5, 0.6) is 0 Å². The Balaban J connectivity index is 1.54. The SMILES string of the molecule is CC1=N[C@@H]2C=C(O[C@@H]3CCN(C(=O)OC(C)(C)C)C3)C=C[C@@H]2S1. The van der Waals surface area contributed by atoms with E-state index in [1.807, 2.05) is 33.8 Å². The maximum absolute atomic E-state index is 12.1. The molecule has 3 aliphatic rings. The maximum Gasteiger partial charge on any atom is 0.410 e.